The maximum atomic E-state index is 13.4. The van der Waals surface area contributed by atoms with Crippen LogP contribution in [0.15, 0.2) is 90.1 Å². The summed E-state index contributed by atoms with van der Waals surface area (Å²) in [5.74, 6) is 0. The van der Waals surface area contributed by atoms with Gasteiger partial charge in [-0.1, -0.05) is 36.4 Å². The highest BCUT2D eigenvalue weighted by Gasteiger charge is 2.28. The van der Waals surface area contributed by atoms with Gasteiger partial charge < -0.3 is 9.67 Å². The molecule has 1 atom stereocenters. The molecule has 32 heavy (non-hydrogen) atoms. The van der Waals surface area contributed by atoms with Crippen molar-refractivity contribution < 1.29 is 18.4 Å². The molecule has 0 amide bonds. The zero-order valence-electron chi connectivity index (χ0n) is 16.9. The van der Waals surface area contributed by atoms with E-state index in [1.165, 1.54) is 36.4 Å². The average Bonchev–Trinajstić information content (AvgIpc) is 3.21. The molecule has 0 aliphatic rings. The first kappa shape index (κ1) is 21.5. The van der Waals surface area contributed by atoms with Crippen molar-refractivity contribution in [1.29, 1.82) is 0 Å². The number of anilines is 1. The molecule has 0 aliphatic heterocycles. The first-order chi connectivity index (χ1) is 15.4. The third kappa shape index (κ3) is 4.32. The number of aliphatic hydroxyl groups is 1. The van der Waals surface area contributed by atoms with Crippen LogP contribution in [-0.2, 0) is 16.6 Å². The minimum atomic E-state index is -4.09. The topological polar surface area (TPSA) is 119 Å². The van der Waals surface area contributed by atoms with Gasteiger partial charge in [0.15, 0.2) is 0 Å². The van der Waals surface area contributed by atoms with Crippen molar-refractivity contribution in [3.05, 3.63) is 95.3 Å². The smallest absolute Gasteiger partial charge is 0.271 e. The fourth-order valence-electron chi connectivity index (χ4n) is 3.46. The molecule has 0 unspecified atom stereocenters. The average molecular weight is 452 g/mol. The van der Waals surface area contributed by atoms with Crippen molar-refractivity contribution in [2.45, 2.75) is 17.5 Å². The number of nitro groups is 1. The van der Waals surface area contributed by atoms with E-state index < -0.39 is 21.1 Å². The van der Waals surface area contributed by atoms with Crippen molar-refractivity contribution >= 4 is 32.4 Å². The van der Waals surface area contributed by atoms with Gasteiger partial charge in [0.2, 0.25) is 0 Å². The van der Waals surface area contributed by atoms with Gasteiger partial charge in [-0.3, -0.25) is 14.4 Å². The number of benzene rings is 3. The number of non-ortho nitro benzene ring substituents is 1. The van der Waals surface area contributed by atoms with Crippen LogP contribution in [0.4, 0.5) is 11.4 Å². The lowest BCUT2D eigenvalue weighted by Crippen LogP contribution is -2.39. The molecule has 0 aliphatic carbocycles. The standard InChI is InChI=1S/C22H20N4O5S/c27-19(14-24-16-23-21-11-4-5-12-22(21)24)15-25(17-7-6-8-18(13-17)26(28)29)32(30,31)20-9-2-1-3-10-20/h1-13,16,19,27H,14-15H2/t19-/m0/s1. The Morgan fingerprint density at radius 2 is 1.75 bits per heavy atom. The van der Waals surface area contributed by atoms with E-state index in [2.05, 4.69) is 4.98 Å². The van der Waals surface area contributed by atoms with Crippen molar-refractivity contribution in [3.8, 4) is 0 Å². The number of fused-ring (bicyclic) bond motifs is 1. The predicted octanol–water partition coefficient (Wildman–Crippen LogP) is 3.20. The number of aliphatic hydroxyl groups excluding tert-OH is 1. The van der Waals surface area contributed by atoms with Crippen LogP contribution in [0.25, 0.3) is 11.0 Å². The number of para-hydroxylation sites is 2. The van der Waals surface area contributed by atoms with Crippen molar-refractivity contribution in [2.24, 2.45) is 0 Å². The van der Waals surface area contributed by atoms with E-state index in [4.69, 9.17) is 0 Å². The van der Waals surface area contributed by atoms with Gasteiger partial charge in [0.05, 0.1) is 52.1 Å². The quantitative estimate of drug-likeness (QED) is 0.324. The number of hydrogen-bond donors (Lipinski definition) is 1. The van der Waals surface area contributed by atoms with E-state index in [-0.39, 0.29) is 29.4 Å². The van der Waals surface area contributed by atoms with Gasteiger partial charge in [-0.2, -0.15) is 0 Å². The molecule has 0 spiro atoms. The first-order valence-corrected chi connectivity index (χ1v) is 11.2. The lowest BCUT2D eigenvalue weighted by Gasteiger charge is -2.27. The van der Waals surface area contributed by atoms with Gasteiger partial charge in [-0.05, 0) is 30.3 Å². The predicted molar refractivity (Wildman–Crippen MR) is 120 cm³/mol. The highest BCUT2D eigenvalue weighted by molar-refractivity contribution is 7.92. The second kappa shape index (κ2) is 8.77. The number of rotatable bonds is 8. The molecule has 10 heteroatoms. The molecule has 1 heterocycles. The summed E-state index contributed by atoms with van der Waals surface area (Å²) in [6.45, 7) is -0.207. The Bertz CT molecular complexity index is 1360. The zero-order chi connectivity index (χ0) is 22.7. The summed E-state index contributed by atoms with van der Waals surface area (Å²) >= 11 is 0. The maximum absolute atomic E-state index is 13.4. The molecule has 4 rings (SSSR count). The molecule has 0 fully saturated rings. The summed E-state index contributed by atoms with van der Waals surface area (Å²) < 4.78 is 29.5. The third-order valence-electron chi connectivity index (χ3n) is 4.97. The number of hydrogen-bond acceptors (Lipinski definition) is 6. The molecular formula is C22H20N4O5S. The van der Waals surface area contributed by atoms with Crippen LogP contribution in [0.5, 0.6) is 0 Å². The summed E-state index contributed by atoms with van der Waals surface area (Å²) in [7, 11) is -4.09. The molecule has 4 aromatic rings. The number of imidazole rings is 1. The Morgan fingerprint density at radius 1 is 1.03 bits per heavy atom. The Kier molecular flexibility index (Phi) is 5.89. The molecule has 3 aromatic carbocycles. The van der Waals surface area contributed by atoms with E-state index in [1.807, 2.05) is 24.3 Å². The van der Waals surface area contributed by atoms with Crippen LogP contribution in [-0.4, -0.2) is 40.6 Å². The van der Waals surface area contributed by atoms with Gasteiger partial charge >= 0.3 is 0 Å². The van der Waals surface area contributed by atoms with E-state index in [0.717, 1.165) is 15.3 Å². The Hall–Kier alpha value is -3.76. The zero-order valence-corrected chi connectivity index (χ0v) is 17.7. The Morgan fingerprint density at radius 3 is 2.50 bits per heavy atom. The third-order valence-corrected chi connectivity index (χ3v) is 6.78. The molecule has 9 nitrogen and oxygen atoms in total. The van der Waals surface area contributed by atoms with Gasteiger partial charge in [0, 0.05) is 12.1 Å². The lowest BCUT2D eigenvalue weighted by atomic mass is 10.2. The monoisotopic (exact) mass is 452 g/mol. The molecule has 0 saturated carbocycles. The summed E-state index contributed by atoms with van der Waals surface area (Å²) in [5.41, 5.74) is 1.41. The summed E-state index contributed by atoms with van der Waals surface area (Å²) in [6.07, 6.45) is 0.474. The number of nitrogens with zero attached hydrogens (tertiary/aromatic N) is 4. The summed E-state index contributed by atoms with van der Waals surface area (Å²) in [6, 6.07) is 20.5. The van der Waals surface area contributed by atoms with Crippen LogP contribution in [0, 0.1) is 10.1 Å². The number of sulfonamides is 1. The van der Waals surface area contributed by atoms with E-state index >= 15 is 0 Å². The van der Waals surface area contributed by atoms with Gasteiger partial charge in [-0.15, -0.1) is 0 Å². The number of nitro benzene ring substituents is 1. The summed E-state index contributed by atoms with van der Waals surface area (Å²) in [5, 5.41) is 22.0. The Labute approximate surface area is 184 Å². The highest BCUT2D eigenvalue weighted by atomic mass is 32.2. The van der Waals surface area contributed by atoms with Crippen LogP contribution < -0.4 is 4.31 Å². The molecule has 1 aromatic heterocycles. The van der Waals surface area contributed by atoms with Crippen molar-refractivity contribution in [3.63, 3.8) is 0 Å². The minimum Gasteiger partial charge on any atom is -0.389 e. The molecule has 1 N–H and O–H groups in total. The molecule has 0 bridgehead atoms. The molecule has 0 saturated heterocycles. The highest BCUT2D eigenvalue weighted by Crippen LogP contribution is 2.27. The van der Waals surface area contributed by atoms with E-state index in [1.54, 1.807) is 29.1 Å². The van der Waals surface area contributed by atoms with Crippen LogP contribution in [0.2, 0.25) is 0 Å². The SMILES string of the molecule is O=[N+]([O-])c1cccc(N(C[C@@H](O)Cn2cnc3ccccc32)S(=O)(=O)c2ccccc2)c1. The molecular weight excluding hydrogens is 432 g/mol. The maximum Gasteiger partial charge on any atom is 0.271 e. The lowest BCUT2D eigenvalue weighted by molar-refractivity contribution is -0.384. The second-order valence-corrected chi connectivity index (χ2v) is 9.03. The van der Waals surface area contributed by atoms with Crippen LogP contribution >= 0.6 is 0 Å². The number of aromatic nitrogens is 2. The minimum absolute atomic E-state index is 0.0202. The van der Waals surface area contributed by atoms with E-state index in [0.29, 0.717) is 0 Å². The largest absolute Gasteiger partial charge is 0.389 e. The molecule has 164 valence electrons. The van der Waals surface area contributed by atoms with Crippen LogP contribution in [0.3, 0.4) is 0 Å². The fraction of sp³-hybridized carbons (Fsp3) is 0.136. The first-order valence-electron chi connectivity index (χ1n) is 9.76. The van der Waals surface area contributed by atoms with Crippen LogP contribution in [0.1, 0.15) is 0 Å². The van der Waals surface area contributed by atoms with Crippen molar-refractivity contribution in [2.75, 3.05) is 10.8 Å². The normalized spacial score (nSPS) is 12.5. The summed E-state index contributed by atoms with van der Waals surface area (Å²) in [4.78, 5) is 14.9. The van der Waals surface area contributed by atoms with Gasteiger partial charge in [0.1, 0.15) is 0 Å². The second-order valence-electron chi connectivity index (χ2n) is 7.17. The fourth-order valence-corrected chi connectivity index (χ4v) is 4.97. The molecule has 0 radical (unpaired) electrons. The van der Waals surface area contributed by atoms with E-state index in [9.17, 15) is 23.6 Å². The Balaban J connectivity index is 1.69. The van der Waals surface area contributed by atoms with Crippen molar-refractivity contribution in [1.82, 2.24) is 9.55 Å². The van der Waals surface area contributed by atoms with Gasteiger partial charge in [-0.25, -0.2) is 13.4 Å². The van der Waals surface area contributed by atoms with Gasteiger partial charge in [0.25, 0.3) is 15.7 Å².